The van der Waals surface area contributed by atoms with Crippen LogP contribution in [0.15, 0.2) is 30.3 Å². The molecule has 0 bridgehead atoms. The van der Waals surface area contributed by atoms with Gasteiger partial charge in [-0.2, -0.15) is 0 Å². The third-order valence-corrected chi connectivity index (χ3v) is 2.95. The Kier molecular flexibility index (Phi) is 6.32. The zero-order valence-electron chi connectivity index (χ0n) is 9.85. The highest BCUT2D eigenvalue weighted by Gasteiger charge is 2.01. The second kappa shape index (κ2) is 7.84. The molecule has 0 aliphatic heterocycles. The maximum Gasteiger partial charge on any atom is 0.407 e. The van der Waals surface area contributed by atoms with E-state index in [0.29, 0.717) is 18.7 Å². The fourth-order valence-electron chi connectivity index (χ4n) is 1.24. The van der Waals surface area contributed by atoms with Gasteiger partial charge in [0.1, 0.15) is 6.61 Å². The average molecular weight is 255 g/mol. The molecule has 1 unspecified atom stereocenters. The summed E-state index contributed by atoms with van der Waals surface area (Å²) in [7, 11) is -0.806. The summed E-state index contributed by atoms with van der Waals surface area (Å²) in [5, 5.41) is 2.61. The first-order chi connectivity index (χ1) is 8.18. The molecule has 17 heavy (non-hydrogen) atoms. The second-order valence-corrected chi connectivity index (χ2v) is 5.17. The number of benzene rings is 1. The van der Waals surface area contributed by atoms with Crippen molar-refractivity contribution in [3.63, 3.8) is 0 Å². The largest absolute Gasteiger partial charge is 0.445 e. The Morgan fingerprint density at radius 1 is 1.35 bits per heavy atom. The summed E-state index contributed by atoms with van der Waals surface area (Å²) >= 11 is 0. The van der Waals surface area contributed by atoms with Crippen LogP contribution in [0.25, 0.3) is 0 Å². The Morgan fingerprint density at radius 2 is 2.06 bits per heavy atom. The van der Waals surface area contributed by atoms with Crippen molar-refractivity contribution in [3.8, 4) is 0 Å². The number of carbonyl (C=O) groups excluding carboxylic acids is 1. The van der Waals surface area contributed by atoms with E-state index in [9.17, 15) is 9.00 Å². The molecule has 0 saturated carbocycles. The first-order valence-corrected chi connectivity index (χ1v) is 7.16. The van der Waals surface area contributed by atoms with Gasteiger partial charge < -0.3 is 10.1 Å². The second-order valence-electron chi connectivity index (χ2n) is 3.62. The standard InChI is InChI=1S/C12H17NO3S/c1-17(15)9-5-8-13-12(14)16-10-11-6-3-2-4-7-11/h2-4,6-7H,5,8-10H2,1H3,(H,13,14). The molecule has 1 aromatic rings. The first-order valence-electron chi connectivity index (χ1n) is 5.43. The van der Waals surface area contributed by atoms with Gasteiger partial charge >= 0.3 is 6.09 Å². The van der Waals surface area contributed by atoms with Crippen molar-refractivity contribution in [3.05, 3.63) is 35.9 Å². The van der Waals surface area contributed by atoms with E-state index in [4.69, 9.17) is 4.74 Å². The zero-order chi connectivity index (χ0) is 12.5. The van der Waals surface area contributed by atoms with E-state index in [1.807, 2.05) is 30.3 Å². The van der Waals surface area contributed by atoms with E-state index >= 15 is 0 Å². The molecule has 1 atom stereocenters. The molecule has 5 heteroatoms. The zero-order valence-corrected chi connectivity index (χ0v) is 10.7. The van der Waals surface area contributed by atoms with E-state index in [-0.39, 0.29) is 6.61 Å². The summed E-state index contributed by atoms with van der Waals surface area (Å²) in [4.78, 5) is 11.3. The van der Waals surface area contributed by atoms with E-state index in [2.05, 4.69) is 5.32 Å². The third-order valence-electron chi connectivity index (χ3n) is 2.09. The molecule has 0 aromatic heterocycles. The highest BCUT2D eigenvalue weighted by molar-refractivity contribution is 7.84. The van der Waals surface area contributed by atoms with Gasteiger partial charge in [-0.15, -0.1) is 0 Å². The van der Waals surface area contributed by atoms with E-state index < -0.39 is 16.9 Å². The van der Waals surface area contributed by atoms with Crippen LogP contribution in [0.2, 0.25) is 0 Å². The summed E-state index contributed by atoms with van der Waals surface area (Å²) in [6, 6.07) is 9.50. The molecule has 1 aromatic carbocycles. The lowest BCUT2D eigenvalue weighted by Gasteiger charge is -2.06. The predicted molar refractivity (Wildman–Crippen MR) is 68.2 cm³/mol. The van der Waals surface area contributed by atoms with Crippen LogP contribution in [0.3, 0.4) is 0 Å². The van der Waals surface area contributed by atoms with Gasteiger partial charge in [-0.1, -0.05) is 30.3 Å². The number of hydrogen-bond acceptors (Lipinski definition) is 3. The maximum atomic E-state index is 11.3. The Morgan fingerprint density at radius 3 is 2.71 bits per heavy atom. The molecule has 0 aliphatic carbocycles. The lowest BCUT2D eigenvalue weighted by Crippen LogP contribution is -2.26. The Balaban J connectivity index is 2.11. The molecule has 0 spiro atoms. The highest BCUT2D eigenvalue weighted by Crippen LogP contribution is 2.00. The summed E-state index contributed by atoms with van der Waals surface area (Å²) in [5.74, 6) is 0.596. The lowest BCUT2D eigenvalue weighted by molar-refractivity contribution is 0.139. The number of ether oxygens (including phenoxy) is 1. The van der Waals surface area contributed by atoms with E-state index in [1.54, 1.807) is 6.26 Å². The van der Waals surface area contributed by atoms with Crippen molar-refractivity contribution >= 4 is 16.9 Å². The Labute approximate surface area is 104 Å². The van der Waals surface area contributed by atoms with Crippen LogP contribution in [-0.2, 0) is 22.1 Å². The number of carbonyl (C=O) groups is 1. The minimum absolute atomic E-state index is 0.270. The molecule has 1 rings (SSSR count). The molecule has 0 fully saturated rings. The molecule has 94 valence electrons. The smallest absolute Gasteiger partial charge is 0.407 e. The van der Waals surface area contributed by atoms with Crippen LogP contribution in [0, 0.1) is 0 Å². The molecule has 0 heterocycles. The number of nitrogens with one attached hydrogen (secondary N) is 1. The van der Waals surface area contributed by atoms with Crippen LogP contribution in [0.1, 0.15) is 12.0 Å². The molecule has 4 nitrogen and oxygen atoms in total. The van der Waals surface area contributed by atoms with Gasteiger partial charge in [0.25, 0.3) is 0 Å². The van der Waals surface area contributed by atoms with Gasteiger partial charge in [0.15, 0.2) is 0 Å². The highest BCUT2D eigenvalue weighted by atomic mass is 32.2. The summed E-state index contributed by atoms with van der Waals surface area (Å²) in [6.45, 7) is 0.763. The fraction of sp³-hybridized carbons (Fsp3) is 0.417. The van der Waals surface area contributed by atoms with Gasteiger partial charge in [0, 0.05) is 29.4 Å². The Hall–Kier alpha value is -1.36. The molecule has 0 saturated heterocycles. The molecule has 1 N–H and O–H groups in total. The third kappa shape index (κ3) is 6.73. The molecular weight excluding hydrogens is 238 g/mol. The van der Waals surface area contributed by atoms with Gasteiger partial charge in [-0.25, -0.2) is 4.79 Å². The van der Waals surface area contributed by atoms with Crippen LogP contribution in [-0.4, -0.2) is 28.9 Å². The van der Waals surface area contributed by atoms with Crippen molar-refractivity contribution in [1.82, 2.24) is 5.32 Å². The predicted octanol–water partition coefficient (Wildman–Crippen LogP) is 1.68. The summed E-state index contributed by atoms with van der Waals surface area (Å²) in [6.07, 6.45) is 1.91. The van der Waals surface area contributed by atoms with Crippen molar-refractivity contribution < 1.29 is 13.7 Å². The number of amides is 1. The average Bonchev–Trinajstić information content (AvgIpc) is 2.33. The van der Waals surface area contributed by atoms with Crippen molar-refractivity contribution in [1.29, 1.82) is 0 Å². The monoisotopic (exact) mass is 255 g/mol. The fourth-order valence-corrected chi connectivity index (χ4v) is 1.79. The van der Waals surface area contributed by atoms with Crippen LogP contribution < -0.4 is 5.32 Å². The summed E-state index contributed by atoms with van der Waals surface area (Å²) in [5.41, 5.74) is 0.956. The Bertz CT molecular complexity index is 367. The van der Waals surface area contributed by atoms with Crippen molar-refractivity contribution in [2.45, 2.75) is 13.0 Å². The minimum Gasteiger partial charge on any atom is -0.445 e. The normalized spacial score (nSPS) is 11.8. The van der Waals surface area contributed by atoms with Crippen LogP contribution >= 0.6 is 0 Å². The molecule has 0 radical (unpaired) electrons. The van der Waals surface area contributed by atoms with Crippen LogP contribution in [0.5, 0.6) is 0 Å². The van der Waals surface area contributed by atoms with Crippen molar-refractivity contribution in [2.24, 2.45) is 0 Å². The van der Waals surface area contributed by atoms with Gasteiger partial charge in [0.2, 0.25) is 0 Å². The van der Waals surface area contributed by atoms with Gasteiger partial charge in [0.05, 0.1) is 0 Å². The maximum absolute atomic E-state index is 11.3. The number of hydrogen-bond donors (Lipinski definition) is 1. The molecular formula is C12H17NO3S. The minimum atomic E-state index is -0.806. The molecule has 1 amide bonds. The van der Waals surface area contributed by atoms with E-state index in [0.717, 1.165) is 5.56 Å². The summed E-state index contributed by atoms with van der Waals surface area (Å²) < 4.78 is 15.8. The first kappa shape index (κ1) is 13.7. The number of alkyl carbamates (subject to hydrolysis) is 1. The van der Waals surface area contributed by atoms with Gasteiger partial charge in [-0.3, -0.25) is 4.21 Å². The van der Waals surface area contributed by atoms with Gasteiger partial charge in [-0.05, 0) is 12.0 Å². The van der Waals surface area contributed by atoms with Crippen LogP contribution in [0.4, 0.5) is 4.79 Å². The SMILES string of the molecule is CS(=O)CCCNC(=O)OCc1ccccc1. The topological polar surface area (TPSA) is 55.4 Å². The molecule has 0 aliphatic rings. The van der Waals surface area contributed by atoms with E-state index in [1.165, 1.54) is 0 Å². The lowest BCUT2D eigenvalue weighted by atomic mass is 10.2. The number of rotatable bonds is 6. The quantitative estimate of drug-likeness (QED) is 0.787. The van der Waals surface area contributed by atoms with Crippen molar-refractivity contribution in [2.75, 3.05) is 18.6 Å².